The van der Waals surface area contributed by atoms with Crippen LogP contribution in [-0.2, 0) is 0 Å². The molecular weight excluding hydrogens is 399 g/mol. The first kappa shape index (κ1) is 20.0. The van der Waals surface area contributed by atoms with E-state index in [0.29, 0.717) is 58.5 Å². The van der Waals surface area contributed by atoms with Crippen LogP contribution in [0.15, 0.2) is 44.2 Å². The van der Waals surface area contributed by atoms with Gasteiger partial charge in [-0.15, -0.1) is 0 Å². The predicted molar refractivity (Wildman–Crippen MR) is 116 cm³/mol. The smallest absolute Gasteiger partial charge is 0.133 e. The van der Waals surface area contributed by atoms with Crippen LogP contribution in [0.5, 0.6) is 11.5 Å². The average molecular weight is 417 g/mol. The van der Waals surface area contributed by atoms with E-state index in [4.69, 9.17) is 23.2 Å². The summed E-state index contributed by atoms with van der Waals surface area (Å²) in [7, 11) is 0. The summed E-state index contributed by atoms with van der Waals surface area (Å²) >= 11 is 12.2. The van der Waals surface area contributed by atoms with Gasteiger partial charge in [0.05, 0.1) is 26.2 Å². The Hall–Kier alpha value is -2.70. The molecule has 2 aromatic carbocycles. The van der Waals surface area contributed by atoms with Crippen LogP contribution in [0.4, 0.5) is 0 Å². The molecule has 0 amide bonds. The molecule has 0 atom stereocenters. The van der Waals surface area contributed by atoms with Gasteiger partial charge in [-0.3, -0.25) is 20.0 Å². The molecule has 144 valence electrons. The van der Waals surface area contributed by atoms with Crippen molar-refractivity contribution in [3.63, 3.8) is 0 Å². The van der Waals surface area contributed by atoms with Gasteiger partial charge in [-0.05, 0) is 24.3 Å². The summed E-state index contributed by atoms with van der Waals surface area (Å²) in [6.45, 7) is 1.62. The Morgan fingerprint density at radius 2 is 0.786 bits per heavy atom. The molecule has 28 heavy (non-hydrogen) atoms. The minimum Gasteiger partial charge on any atom is -0.507 e. The molecule has 1 aliphatic rings. The lowest BCUT2D eigenvalue weighted by Gasteiger charge is -2.05. The van der Waals surface area contributed by atoms with Crippen molar-refractivity contribution in [1.29, 1.82) is 0 Å². The maximum absolute atomic E-state index is 10.4. The first-order chi connectivity index (χ1) is 13.5. The van der Waals surface area contributed by atoms with Crippen LogP contribution in [0.2, 0.25) is 10.0 Å². The van der Waals surface area contributed by atoms with E-state index in [0.717, 1.165) is 0 Å². The highest BCUT2D eigenvalue weighted by Gasteiger charge is 2.08. The molecule has 8 heteroatoms. The molecule has 0 fully saturated rings. The van der Waals surface area contributed by atoms with Gasteiger partial charge in [0.2, 0.25) is 0 Å². The van der Waals surface area contributed by atoms with E-state index in [9.17, 15) is 10.2 Å². The topological polar surface area (TPSA) is 89.9 Å². The molecule has 0 radical (unpaired) electrons. The number of hydrogen-bond donors (Lipinski definition) is 2. The number of rotatable bonds is 0. The van der Waals surface area contributed by atoms with E-state index >= 15 is 0 Å². The summed E-state index contributed by atoms with van der Waals surface area (Å²) in [5, 5.41) is 21.7. The third-order valence-corrected chi connectivity index (χ3v) is 4.34. The third-order valence-electron chi connectivity index (χ3n) is 3.91. The van der Waals surface area contributed by atoms with Gasteiger partial charge in [0.25, 0.3) is 0 Å². The van der Waals surface area contributed by atoms with E-state index in [-0.39, 0.29) is 11.5 Å². The molecule has 3 rings (SSSR count). The summed E-state index contributed by atoms with van der Waals surface area (Å²) in [6, 6.07) is 6.54. The number of phenolic OH excluding ortho intramolecular Hbond substituents is 2. The lowest BCUT2D eigenvalue weighted by atomic mass is 10.1. The minimum atomic E-state index is 0.0690. The molecule has 4 bridgehead atoms. The molecule has 2 N–H and O–H groups in total. The molecule has 1 aliphatic heterocycles. The van der Waals surface area contributed by atoms with Crippen LogP contribution in [0.3, 0.4) is 0 Å². The van der Waals surface area contributed by atoms with Gasteiger partial charge in [-0.2, -0.15) is 0 Å². The fourth-order valence-corrected chi connectivity index (χ4v) is 3.03. The zero-order chi connectivity index (χ0) is 19.9. The zero-order valence-electron chi connectivity index (χ0n) is 14.9. The highest BCUT2D eigenvalue weighted by Crippen LogP contribution is 2.26. The van der Waals surface area contributed by atoms with E-state index in [1.807, 2.05) is 0 Å². The first-order valence-corrected chi connectivity index (χ1v) is 9.34. The highest BCUT2D eigenvalue weighted by molar-refractivity contribution is 6.31. The molecular formula is C20H18Cl2N4O2. The Bertz CT molecular complexity index is 835. The second-order valence-electron chi connectivity index (χ2n) is 6.01. The van der Waals surface area contributed by atoms with Gasteiger partial charge in [0, 0.05) is 57.2 Å². The SMILES string of the molecule is Oc1c2cc(Cl)cc1C=NCCN=Cc1cc(Cl)cc(c1O)C=NCCN=C2. The van der Waals surface area contributed by atoms with Crippen molar-refractivity contribution in [2.75, 3.05) is 26.2 Å². The van der Waals surface area contributed by atoms with Crippen molar-refractivity contribution in [2.45, 2.75) is 0 Å². The largest absolute Gasteiger partial charge is 0.507 e. The summed E-state index contributed by atoms with van der Waals surface area (Å²) in [5.74, 6) is 0.138. The van der Waals surface area contributed by atoms with Crippen molar-refractivity contribution in [2.24, 2.45) is 20.0 Å². The summed E-state index contributed by atoms with van der Waals surface area (Å²) in [4.78, 5) is 17.1. The van der Waals surface area contributed by atoms with Gasteiger partial charge < -0.3 is 10.2 Å². The number of nitrogens with zero attached hydrogens (tertiary/aromatic N) is 4. The molecule has 1 heterocycles. The summed E-state index contributed by atoms with van der Waals surface area (Å²) in [5.41, 5.74) is 2.03. The van der Waals surface area contributed by atoms with Crippen LogP contribution < -0.4 is 0 Å². The van der Waals surface area contributed by atoms with Crippen LogP contribution in [0, 0.1) is 0 Å². The van der Waals surface area contributed by atoms with Crippen molar-refractivity contribution >= 4 is 48.1 Å². The summed E-state index contributed by atoms with van der Waals surface area (Å²) in [6.07, 6.45) is 6.21. The Balaban J connectivity index is 1.92. The van der Waals surface area contributed by atoms with Gasteiger partial charge in [0.15, 0.2) is 0 Å². The van der Waals surface area contributed by atoms with Crippen LogP contribution in [0.1, 0.15) is 22.3 Å². The minimum absolute atomic E-state index is 0.0690. The maximum Gasteiger partial charge on any atom is 0.133 e. The quantitative estimate of drug-likeness (QED) is 0.683. The normalized spacial score (nSPS) is 14.6. The molecule has 0 unspecified atom stereocenters. The zero-order valence-corrected chi connectivity index (χ0v) is 16.4. The molecule has 2 aromatic rings. The number of aliphatic imine (C=N–C) groups is 4. The molecule has 0 saturated heterocycles. The van der Waals surface area contributed by atoms with E-state index < -0.39 is 0 Å². The van der Waals surface area contributed by atoms with Crippen LogP contribution in [0.25, 0.3) is 0 Å². The van der Waals surface area contributed by atoms with Crippen molar-refractivity contribution < 1.29 is 10.2 Å². The number of halogens is 2. The predicted octanol–water partition coefficient (Wildman–Crippen LogP) is 3.79. The molecule has 0 saturated carbocycles. The first-order valence-electron chi connectivity index (χ1n) is 8.59. The summed E-state index contributed by atoms with van der Waals surface area (Å²) < 4.78 is 0. The van der Waals surface area contributed by atoms with Crippen LogP contribution in [-0.4, -0.2) is 61.3 Å². The van der Waals surface area contributed by atoms with Gasteiger partial charge >= 0.3 is 0 Å². The van der Waals surface area contributed by atoms with Crippen molar-refractivity contribution in [3.05, 3.63) is 56.6 Å². The third kappa shape index (κ3) is 5.18. The fourth-order valence-electron chi connectivity index (χ4n) is 2.56. The molecule has 0 aliphatic carbocycles. The second kappa shape index (κ2) is 9.48. The number of benzene rings is 2. The monoisotopic (exact) mass is 416 g/mol. The number of fused-ring (bicyclic) bond motifs is 4. The number of phenols is 2. The van der Waals surface area contributed by atoms with Crippen LogP contribution >= 0.6 is 23.2 Å². The fraction of sp³-hybridized carbons (Fsp3) is 0.200. The van der Waals surface area contributed by atoms with Crippen molar-refractivity contribution in [3.8, 4) is 11.5 Å². The Kier molecular flexibility index (Phi) is 6.79. The molecule has 0 spiro atoms. The second-order valence-corrected chi connectivity index (χ2v) is 6.88. The van der Waals surface area contributed by atoms with E-state index in [2.05, 4.69) is 20.0 Å². The Morgan fingerprint density at radius 1 is 0.536 bits per heavy atom. The van der Waals surface area contributed by atoms with E-state index in [1.165, 1.54) is 0 Å². The van der Waals surface area contributed by atoms with E-state index in [1.54, 1.807) is 49.1 Å². The maximum atomic E-state index is 10.4. The average Bonchev–Trinajstić information content (AvgIpc) is 2.66. The standard InChI is InChI=1S/C20H18Cl2N4O2/c21-17-5-13-9-23-1-2-24-10-14-6-18(22)8-16(20(14)28)12-26-4-3-25-11-15(7-17)19(13)27/h5-12,27-28H,1-4H2. The number of hydrogen-bond acceptors (Lipinski definition) is 6. The molecule has 0 aromatic heterocycles. The van der Waals surface area contributed by atoms with Gasteiger partial charge in [0.1, 0.15) is 11.5 Å². The van der Waals surface area contributed by atoms with Gasteiger partial charge in [-0.25, -0.2) is 0 Å². The van der Waals surface area contributed by atoms with Crippen molar-refractivity contribution in [1.82, 2.24) is 0 Å². The number of aromatic hydroxyl groups is 2. The Labute approximate surface area is 172 Å². The Morgan fingerprint density at radius 3 is 1.04 bits per heavy atom. The highest BCUT2D eigenvalue weighted by atomic mass is 35.5. The lowest BCUT2D eigenvalue weighted by molar-refractivity contribution is 0.473. The lowest BCUT2D eigenvalue weighted by Crippen LogP contribution is -1.96. The van der Waals surface area contributed by atoms with Gasteiger partial charge in [-0.1, -0.05) is 23.2 Å². The molecule has 6 nitrogen and oxygen atoms in total.